The van der Waals surface area contributed by atoms with Crippen LogP contribution in [-0.4, -0.2) is 46.0 Å². The van der Waals surface area contributed by atoms with Gasteiger partial charge in [0, 0.05) is 45.4 Å². The van der Waals surface area contributed by atoms with E-state index < -0.39 is 5.60 Å². The number of pyridine rings is 1. The van der Waals surface area contributed by atoms with Crippen LogP contribution in [0.5, 0.6) is 0 Å². The molecule has 1 amide bonds. The smallest absolute Gasteiger partial charge is 0.410 e. The van der Waals surface area contributed by atoms with Crippen LogP contribution in [0.2, 0.25) is 0 Å². The number of hydrogen-bond acceptors (Lipinski definition) is 4. The van der Waals surface area contributed by atoms with Gasteiger partial charge in [0.2, 0.25) is 0 Å². The average molecular weight is 427 g/mol. The first-order valence-electron chi connectivity index (χ1n) is 11.1. The second-order valence-electron chi connectivity index (χ2n) is 9.00. The van der Waals surface area contributed by atoms with Crippen LogP contribution < -0.4 is 5.56 Å². The predicted octanol–water partition coefficient (Wildman–Crippen LogP) is 4.17. The van der Waals surface area contributed by atoms with Crippen LogP contribution in [0.1, 0.15) is 51.5 Å². The molecule has 31 heavy (non-hydrogen) atoms. The molecule has 2 atom stereocenters. The minimum atomic E-state index is -0.478. The van der Waals surface area contributed by atoms with Gasteiger partial charge in [0.1, 0.15) is 5.60 Å². The number of aromatic nitrogens is 1. The Morgan fingerprint density at radius 3 is 2.39 bits per heavy atom. The molecule has 168 valence electrons. The largest absolute Gasteiger partial charge is 0.442 e. The van der Waals surface area contributed by atoms with Gasteiger partial charge in [-0.2, -0.15) is 0 Å². The van der Waals surface area contributed by atoms with E-state index in [2.05, 4.69) is 32.9 Å². The highest BCUT2D eigenvalue weighted by Crippen LogP contribution is 2.36. The SMILES string of the molecule is CC(CN1CC[C@@](CCCO)(C(C)C)OC1=O)c1ccc(-c2ccn(C)c(=O)c2)cc1. The number of amides is 1. The molecule has 1 aromatic carbocycles. The summed E-state index contributed by atoms with van der Waals surface area (Å²) in [5.41, 5.74) is 2.52. The van der Waals surface area contributed by atoms with Gasteiger partial charge in [-0.25, -0.2) is 4.79 Å². The summed E-state index contributed by atoms with van der Waals surface area (Å²) in [6.07, 6.45) is 3.63. The van der Waals surface area contributed by atoms with E-state index in [0.29, 0.717) is 25.9 Å². The van der Waals surface area contributed by atoms with Gasteiger partial charge >= 0.3 is 6.09 Å². The van der Waals surface area contributed by atoms with Crippen molar-refractivity contribution in [2.45, 2.75) is 51.6 Å². The Bertz CT molecular complexity index is 951. The number of hydrogen-bond donors (Lipinski definition) is 1. The summed E-state index contributed by atoms with van der Waals surface area (Å²) in [4.78, 5) is 26.4. The molecule has 1 aliphatic heterocycles. The first-order chi connectivity index (χ1) is 14.8. The standard InChI is InChI=1S/C25H34N2O4/c1-18(2)25(11-5-15-28)12-14-27(24(30)31-25)17-19(3)20-6-8-21(9-7-20)22-10-13-26(4)23(29)16-22/h6-10,13,16,18-19,28H,5,11-12,14-15,17H2,1-4H3/t19?,25-/m0/s1. The molecule has 0 saturated carbocycles. The number of rotatable bonds is 8. The maximum absolute atomic E-state index is 12.8. The summed E-state index contributed by atoms with van der Waals surface area (Å²) in [7, 11) is 1.74. The third-order valence-corrected chi connectivity index (χ3v) is 6.58. The molecule has 1 aliphatic rings. The molecule has 6 heteroatoms. The Labute approximate surface area is 184 Å². The molecule has 1 unspecified atom stereocenters. The van der Waals surface area contributed by atoms with Crippen molar-refractivity contribution in [3.63, 3.8) is 0 Å². The molecule has 1 saturated heterocycles. The lowest BCUT2D eigenvalue weighted by Gasteiger charge is -2.44. The van der Waals surface area contributed by atoms with Gasteiger partial charge in [0.15, 0.2) is 0 Å². The quantitative estimate of drug-likeness (QED) is 0.688. The van der Waals surface area contributed by atoms with E-state index in [-0.39, 0.29) is 30.1 Å². The Kier molecular flexibility index (Phi) is 7.21. The number of benzene rings is 1. The first-order valence-corrected chi connectivity index (χ1v) is 11.1. The second kappa shape index (κ2) is 9.69. The highest BCUT2D eigenvalue weighted by atomic mass is 16.6. The lowest BCUT2D eigenvalue weighted by atomic mass is 9.81. The number of ether oxygens (including phenoxy) is 1. The van der Waals surface area contributed by atoms with Crippen molar-refractivity contribution in [2.24, 2.45) is 13.0 Å². The van der Waals surface area contributed by atoms with Crippen molar-refractivity contribution in [2.75, 3.05) is 19.7 Å². The normalized spacial score (nSPS) is 20.1. The summed E-state index contributed by atoms with van der Waals surface area (Å²) < 4.78 is 7.48. The third kappa shape index (κ3) is 5.18. The number of nitrogens with zero attached hydrogens (tertiary/aromatic N) is 2. The fourth-order valence-corrected chi connectivity index (χ4v) is 4.29. The summed E-state index contributed by atoms with van der Waals surface area (Å²) >= 11 is 0. The van der Waals surface area contributed by atoms with E-state index in [4.69, 9.17) is 4.74 Å². The van der Waals surface area contributed by atoms with E-state index in [9.17, 15) is 14.7 Å². The zero-order valence-corrected chi connectivity index (χ0v) is 19.0. The Balaban J connectivity index is 1.65. The molecule has 1 N–H and O–H groups in total. The van der Waals surface area contributed by atoms with Gasteiger partial charge in [-0.15, -0.1) is 0 Å². The topological polar surface area (TPSA) is 71.8 Å². The van der Waals surface area contributed by atoms with E-state index >= 15 is 0 Å². The first kappa shape index (κ1) is 23.1. The van der Waals surface area contributed by atoms with Crippen molar-refractivity contribution in [3.05, 3.63) is 58.5 Å². The van der Waals surface area contributed by atoms with Crippen LogP contribution in [0.15, 0.2) is 47.4 Å². The molecular formula is C25H34N2O4. The zero-order chi connectivity index (χ0) is 22.6. The summed E-state index contributed by atoms with van der Waals surface area (Å²) in [5, 5.41) is 9.21. The fraction of sp³-hybridized carbons (Fsp3) is 0.520. The molecule has 3 rings (SSSR count). The van der Waals surface area contributed by atoms with Crippen molar-refractivity contribution < 1.29 is 14.6 Å². The van der Waals surface area contributed by atoms with Gasteiger partial charge in [-0.3, -0.25) is 4.79 Å². The molecule has 0 radical (unpaired) electrons. The highest BCUT2D eigenvalue weighted by molar-refractivity contribution is 5.69. The van der Waals surface area contributed by atoms with Crippen molar-refractivity contribution in [1.82, 2.24) is 9.47 Å². The molecule has 1 aromatic heterocycles. The Morgan fingerprint density at radius 1 is 1.10 bits per heavy atom. The molecule has 0 spiro atoms. The summed E-state index contributed by atoms with van der Waals surface area (Å²) in [6, 6.07) is 11.7. The van der Waals surface area contributed by atoms with Crippen LogP contribution in [0.3, 0.4) is 0 Å². The molecular weight excluding hydrogens is 392 g/mol. The van der Waals surface area contributed by atoms with Crippen molar-refractivity contribution in [1.29, 1.82) is 0 Å². The lowest BCUT2D eigenvalue weighted by molar-refractivity contribution is -0.0839. The molecule has 6 nitrogen and oxygen atoms in total. The van der Waals surface area contributed by atoms with E-state index in [1.165, 1.54) is 0 Å². The van der Waals surface area contributed by atoms with Crippen molar-refractivity contribution >= 4 is 6.09 Å². The van der Waals surface area contributed by atoms with E-state index in [1.54, 1.807) is 28.8 Å². The minimum absolute atomic E-state index is 0.0324. The van der Waals surface area contributed by atoms with E-state index in [0.717, 1.165) is 23.1 Å². The van der Waals surface area contributed by atoms with Crippen LogP contribution in [0, 0.1) is 5.92 Å². The fourth-order valence-electron chi connectivity index (χ4n) is 4.29. The number of aliphatic hydroxyl groups excluding tert-OH is 1. The maximum Gasteiger partial charge on any atom is 0.410 e. The minimum Gasteiger partial charge on any atom is -0.442 e. The van der Waals surface area contributed by atoms with E-state index in [1.807, 2.05) is 18.2 Å². The van der Waals surface area contributed by atoms with Gasteiger partial charge < -0.3 is 19.3 Å². The summed E-state index contributed by atoms with van der Waals surface area (Å²) in [6.45, 7) is 7.63. The number of carbonyl (C=O) groups is 1. The van der Waals surface area contributed by atoms with Crippen LogP contribution in [0.25, 0.3) is 11.1 Å². The van der Waals surface area contributed by atoms with Gasteiger partial charge in [-0.1, -0.05) is 45.0 Å². The molecule has 2 aromatic rings. The van der Waals surface area contributed by atoms with Crippen molar-refractivity contribution in [3.8, 4) is 11.1 Å². The van der Waals surface area contributed by atoms with Gasteiger partial charge in [0.05, 0.1) is 0 Å². The summed E-state index contributed by atoms with van der Waals surface area (Å²) in [5.74, 6) is 0.374. The Morgan fingerprint density at radius 2 is 1.81 bits per heavy atom. The molecule has 0 aliphatic carbocycles. The van der Waals surface area contributed by atoms with Crippen LogP contribution in [-0.2, 0) is 11.8 Å². The highest BCUT2D eigenvalue weighted by Gasteiger charge is 2.42. The number of aliphatic hydroxyl groups is 1. The zero-order valence-electron chi connectivity index (χ0n) is 19.0. The van der Waals surface area contributed by atoms with Gasteiger partial charge in [0.25, 0.3) is 5.56 Å². The monoisotopic (exact) mass is 426 g/mol. The molecule has 2 heterocycles. The molecule has 0 bridgehead atoms. The maximum atomic E-state index is 12.8. The second-order valence-corrected chi connectivity index (χ2v) is 9.00. The number of carbonyl (C=O) groups excluding carboxylic acids is 1. The third-order valence-electron chi connectivity index (χ3n) is 6.58. The van der Waals surface area contributed by atoms with Crippen LogP contribution in [0.4, 0.5) is 4.79 Å². The Hall–Kier alpha value is -2.60. The lowest BCUT2D eigenvalue weighted by Crippen LogP contribution is -2.53. The number of cyclic esters (lactones) is 1. The molecule has 1 fully saturated rings. The van der Waals surface area contributed by atoms with Gasteiger partial charge in [-0.05, 0) is 47.4 Å². The number of aryl methyl sites for hydroxylation is 1. The predicted molar refractivity (Wildman–Crippen MR) is 122 cm³/mol. The average Bonchev–Trinajstić information content (AvgIpc) is 2.76. The van der Waals surface area contributed by atoms with Crippen LogP contribution >= 0.6 is 0 Å².